The SMILES string of the molecule is O=C1C(O)CCCCN1CC(=O)N1CCCc2[nH]ncc21. The van der Waals surface area contributed by atoms with Crippen LogP contribution in [0.4, 0.5) is 5.69 Å². The zero-order valence-corrected chi connectivity index (χ0v) is 11.9. The van der Waals surface area contributed by atoms with Crippen LogP contribution in [0.5, 0.6) is 0 Å². The summed E-state index contributed by atoms with van der Waals surface area (Å²) in [6.07, 6.45) is 4.59. The highest BCUT2D eigenvalue weighted by molar-refractivity contribution is 5.97. The van der Waals surface area contributed by atoms with Crippen LogP contribution >= 0.6 is 0 Å². The Bertz CT molecular complexity index is 542. The smallest absolute Gasteiger partial charge is 0.251 e. The predicted molar refractivity (Wildman–Crippen MR) is 75.7 cm³/mol. The van der Waals surface area contributed by atoms with Gasteiger partial charge >= 0.3 is 0 Å². The normalized spacial score (nSPS) is 22.9. The van der Waals surface area contributed by atoms with Gasteiger partial charge in [-0.3, -0.25) is 14.7 Å². The molecule has 0 aliphatic carbocycles. The summed E-state index contributed by atoms with van der Waals surface area (Å²) >= 11 is 0. The maximum Gasteiger partial charge on any atom is 0.251 e. The number of hydrogen-bond acceptors (Lipinski definition) is 4. The molecule has 3 rings (SSSR count). The minimum atomic E-state index is -0.967. The Kier molecular flexibility index (Phi) is 3.92. The quantitative estimate of drug-likeness (QED) is 0.807. The summed E-state index contributed by atoms with van der Waals surface area (Å²) in [6, 6.07) is 0. The fraction of sp³-hybridized carbons (Fsp3) is 0.643. The monoisotopic (exact) mass is 292 g/mol. The van der Waals surface area contributed by atoms with Gasteiger partial charge in [0.05, 0.1) is 17.6 Å². The minimum absolute atomic E-state index is 0.0283. The van der Waals surface area contributed by atoms with Gasteiger partial charge in [0.1, 0.15) is 12.6 Å². The van der Waals surface area contributed by atoms with Gasteiger partial charge in [-0.2, -0.15) is 5.10 Å². The number of anilines is 1. The molecule has 3 heterocycles. The molecule has 114 valence electrons. The lowest BCUT2D eigenvalue weighted by atomic mass is 10.1. The molecule has 0 aromatic carbocycles. The van der Waals surface area contributed by atoms with E-state index in [2.05, 4.69) is 10.2 Å². The van der Waals surface area contributed by atoms with E-state index in [1.165, 1.54) is 4.90 Å². The molecule has 7 heteroatoms. The summed E-state index contributed by atoms with van der Waals surface area (Å²) < 4.78 is 0. The molecule has 1 aromatic heterocycles. The lowest BCUT2D eigenvalue weighted by molar-refractivity contribution is -0.142. The number of aliphatic hydroxyl groups is 1. The molecule has 2 aliphatic rings. The number of likely N-dealkylation sites (tertiary alicyclic amines) is 1. The van der Waals surface area contributed by atoms with Crippen molar-refractivity contribution in [1.29, 1.82) is 0 Å². The van der Waals surface area contributed by atoms with E-state index in [0.717, 1.165) is 37.1 Å². The molecule has 0 bridgehead atoms. The maximum absolute atomic E-state index is 12.5. The van der Waals surface area contributed by atoms with Crippen molar-refractivity contribution in [2.45, 2.75) is 38.2 Å². The molecule has 1 aromatic rings. The number of aliphatic hydroxyl groups excluding tert-OH is 1. The van der Waals surface area contributed by atoms with Crippen molar-refractivity contribution >= 4 is 17.5 Å². The van der Waals surface area contributed by atoms with Crippen LogP contribution in [-0.2, 0) is 16.0 Å². The molecule has 1 unspecified atom stereocenters. The number of amides is 2. The molecule has 0 radical (unpaired) electrons. The van der Waals surface area contributed by atoms with E-state index in [-0.39, 0.29) is 18.4 Å². The van der Waals surface area contributed by atoms with Crippen LogP contribution in [0.15, 0.2) is 6.20 Å². The highest BCUT2D eigenvalue weighted by Crippen LogP contribution is 2.25. The molecule has 1 fully saturated rings. The molecule has 0 spiro atoms. The van der Waals surface area contributed by atoms with Gasteiger partial charge < -0.3 is 14.9 Å². The Labute approximate surface area is 122 Å². The van der Waals surface area contributed by atoms with Gasteiger partial charge in [-0.15, -0.1) is 0 Å². The summed E-state index contributed by atoms with van der Waals surface area (Å²) in [5.74, 6) is -0.440. The summed E-state index contributed by atoms with van der Waals surface area (Å²) in [5.41, 5.74) is 1.78. The Morgan fingerprint density at radius 3 is 3.10 bits per heavy atom. The Balaban J connectivity index is 1.71. The third-order valence-corrected chi connectivity index (χ3v) is 4.17. The van der Waals surface area contributed by atoms with E-state index >= 15 is 0 Å². The number of nitrogens with zero attached hydrogens (tertiary/aromatic N) is 3. The molecule has 2 aliphatic heterocycles. The first-order valence-corrected chi connectivity index (χ1v) is 7.46. The first-order chi connectivity index (χ1) is 10.2. The van der Waals surface area contributed by atoms with Crippen molar-refractivity contribution < 1.29 is 14.7 Å². The van der Waals surface area contributed by atoms with E-state index in [1.54, 1.807) is 11.1 Å². The van der Waals surface area contributed by atoms with Gasteiger partial charge in [-0.25, -0.2) is 0 Å². The Hall–Kier alpha value is -1.89. The van der Waals surface area contributed by atoms with Crippen LogP contribution in [0.3, 0.4) is 0 Å². The lowest BCUT2D eigenvalue weighted by Gasteiger charge is -2.29. The van der Waals surface area contributed by atoms with Crippen LogP contribution in [0.25, 0.3) is 0 Å². The molecule has 21 heavy (non-hydrogen) atoms. The van der Waals surface area contributed by atoms with E-state index in [4.69, 9.17) is 0 Å². The third kappa shape index (κ3) is 2.78. The second-order valence-electron chi connectivity index (χ2n) is 5.65. The van der Waals surface area contributed by atoms with Crippen molar-refractivity contribution in [1.82, 2.24) is 15.1 Å². The van der Waals surface area contributed by atoms with Gasteiger partial charge in [0.2, 0.25) is 5.91 Å². The largest absolute Gasteiger partial charge is 0.383 e. The van der Waals surface area contributed by atoms with E-state index in [1.807, 2.05) is 0 Å². The van der Waals surface area contributed by atoms with Gasteiger partial charge in [0.25, 0.3) is 5.91 Å². The number of aromatic nitrogens is 2. The molecule has 1 saturated heterocycles. The zero-order chi connectivity index (χ0) is 14.8. The standard InChI is InChI=1S/C14H20N4O3/c19-12-5-1-2-6-17(14(12)21)9-13(20)18-7-3-4-10-11(18)8-15-16-10/h8,12,19H,1-7,9H2,(H,15,16). The van der Waals surface area contributed by atoms with Crippen LogP contribution in [0, 0.1) is 0 Å². The van der Waals surface area contributed by atoms with Gasteiger partial charge in [-0.1, -0.05) is 0 Å². The summed E-state index contributed by atoms with van der Waals surface area (Å²) in [5, 5.41) is 16.6. The van der Waals surface area contributed by atoms with E-state index < -0.39 is 6.10 Å². The van der Waals surface area contributed by atoms with Crippen molar-refractivity contribution in [2.75, 3.05) is 24.5 Å². The summed E-state index contributed by atoms with van der Waals surface area (Å²) in [6.45, 7) is 1.21. The number of nitrogens with one attached hydrogen (secondary N) is 1. The number of carbonyl (C=O) groups excluding carboxylic acids is 2. The lowest BCUT2D eigenvalue weighted by Crippen LogP contribution is -2.46. The fourth-order valence-corrected chi connectivity index (χ4v) is 3.01. The van der Waals surface area contributed by atoms with Crippen LogP contribution < -0.4 is 4.90 Å². The number of H-pyrrole nitrogens is 1. The number of fused-ring (bicyclic) bond motifs is 1. The molecule has 2 N–H and O–H groups in total. The first kappa shape index (κ1) is 14.1. The topological polar surface area (TPSA) is 89.5 Å². The Morgan fingerprint density at radius 2 is 2.24 bits per heavy atom. The van der Waals surface area contributed by atoms with Crippen LogP contribution in [0.2, 0.25) is 0 Å². The highest BCUT2D eigenvalue weighted by Gasteiger charge is 2.30. The number of hydrogen-bond donors (Lipinski definition) is 2. The van der Waals surface area contributed by atoms with E-state index in [0.29, 0.717) is 19.5 Å². The van der Waals surface area contributed by atoms with Crippen molar-refractivity contribution in [3.63, 3.8) is 0 Å². The molecule has 0 saturated carbocycles. The first-order valence-electron chi connectivity index (χ1n) is 7.46. The van der Waals surface area contributed by atoms with Gasteiger partial charge in [0, 0.05) is 13.1 Å². The molecular weight excluding hydrogens is 272 g/mol. The summed E-state index contributed by atoms with van der Waals surface area (Å²) in [4.78, 5) is 27.7. The zero-order valence-electron chi connectivity index (χ0n) is 11.9. The number of aromatic amines is 1. The maximum atomic E-state index is 12.5. The van der Waals surface area contributed by atoms with Gasteiger partial charge in [0.15, 0.2) is 0 Å². The Morgan fingerprint density at radius 1 is 1.38 bits per heavy atom. The van der Waals surface area contributed by atoms with Crippen molar-refractivity contribution in [3.8, 4) is 0 Å². The van der Waals surface area contributed by atoms with Crippen molar-refractivity contribution in [3.05, 3.63) is 11.9 Å². The molecule has 1 atom stereocenters. The minimum Gasteiger partial charge on any atom is -0.383 e. The molecule has 2 amide bonds. The third-order valence-electron chi connectivity index (χ3n) is 4.17. The second-order valence-corrected chi connectivity index (χ2v) is 5.65. The van der Waals surface area contributed by atoms with Crippen molar-refractivity contribution in [2.24, 2.45) is 0 Å². The number of aryl methyl sites for hydroxylation is 1. The molecular formula is C14H20N4O3. The van der Waals surface area contributed by atoms with Crippen LogP contribution in [-0.4, -0.2) is 57.8 Å². The summed E-state index contributed by atoms with van der Waals surface area (Å²) in [7, 11) is 0. The van der Waals surface area contributed by atoms with E-state index in [9.17, 15) is 14.7 Å². The second kappa shape index (κ2) is 5.85. The predicted octanol–water partition coefficient (Wildman–Crippen LogP) is 0.0623. The average molecular weight is 292 g/mol. The highest BCUT2D eigenvalue weighted by atomic mass is 16.3. The van der Waals surface area contributed by atoms with Crippen LogP contribution in [0.1, 0.15) is 31.4 Å². The average Bonchev–Trinajstić information content (AvgIpc) is 2.91. The number of carbonyl (C=O) groups is 2. The van der Waals surface area contributed by atoms with Gasteiger partial charge in [-0.05, 0) is 32.1 Å². The fourth-order valence-electron chi connectivity index (χ4n) is 3.01. The molecule has 7 nitrogen and oxygen atoms in total. The number of rotatable bonds is 2.